The number of rotatable bonds is 2. The van der Waals surface area contributed by atoms with Gasteiger partial charge in [0.25, 0.3) is 5.91 Å². The summed E-state index contributed by atoms with van der Waals surface area (Å²) in [4.78, 5) is 11.8. The summed E-state index contributed by atoms with van der Waals surface area (Å²) in [5.41, 5.74) is 10.5. The predicted molar refractivity (Wildman–Crippen MR) is 68.3 cm³/mol. The van der Waals surface area contributed by atoms with Crippen molar-refractivity contribution < 1.29 is 4.79 Å². The number of aryl methyl sites for hydroxylation is 1. The van der Waals surface area contributed by atoms with E-state index in [1.165, 1.54) is 0 Å². The van der Waals surface area contributed by atoms with Crippen LogP contribution in [-0.4, -0.2) is 31.6 Å². The first-order valence-electron chi connectivity index (χ1n) is 5.32. The van der Waals surface area contributed by atoms with Crippen molar-refractivity contribution in [2.24, 2.45) is 5.73 Å². The van der Waals surface area contributed by atoms with Crippen LogP contribution in [0.4, 0.5) is 0 Å². The molecule has 0 saturated carbocycles. The molecule has 4 nitrogen and oxygen atoms in total. The van der Waals surface area contributed by atoms with E-state index in [4.69, 9.17) is 5.73 Å². The van der Waals surface area contributed by atoms with E-state index < -0.39 is 0 Å². The Morgan fingerprint density at radius 2 is 2.18 bits per heavy atom. The molecule has 0 aliphatic carbocycles. The van der Waals surface area contributed by atoms with Gasteiger partial charge in [0.05, 0.1) is 6.54 Å². The molecular formula is C13H17N3O. The molecule has 0 fully saturated rings. The van der Waals surface area contributed by atoms with Gasteiger partial charge in [0.15, 0.2) is 0 Å². The fourth-order valence-electron chi connectivity index (χ4n) is 1.31. The number of benzene rings is 1. The van der Waals surface area contributed by atoms with Gasteiger partial charge >= 0.3 is 0 Å². The summed E-state index contributed by atoms with van der Waals surface area (Å²) in [6, 6.07) is 5.43. The zero-order valence-electron chi connectivity index (χ0n) is 10.4. The second kappa shape index (κ2) is 6.04. The highest BCUT2D eigenvalue weighted by molar-refractivity contribution is 5.94. The third-order valence-corrected chi connectivity index (χ3v) is 2.15. The Bertz CT molecular complexity index is 469. The Kier molecular flexibility index (Phi) is 4.70. The van der Waals surface area contributed by atoms with Crippen LogP contribution >= 0.6 is 0 Å². The summed E-state index contributed by atoms with van der Waals surface area (Å²) in [7, 11) is 3.53. The number of nitrogens with two attached hydrogens (primary N) is 1. The monoisotopic (exact) mass is 231 g/mol. The highest BCUT2D eigenvalue weighted by atomic mass is 16.2. The summed E-state index contributed by atoms with van der Waals surface area (Å²) < 4.78 is 0. The van der Waals surface area contributed by atoms with E-state index >= 15 is 0 Å². The molecule has 0 spiro atoms. The number of hydrogen-bond donors (Lipinski definition) is 2. The molecule has 90 valence electrons. The molecule has 1 amide bonds. The van der Waals surface area contributed by atoms with Crippen molar-refractivity contribution in [2.75, 3.05) is 20.6 Å². The lowest BCUT2D eigenvalue weighted by atomic mass is 10.1. The zero-order chi connectivity index (χ0) is 12.8. The highest BCUT2D eigenvalue weighted by Gasteiger charge is 2.07. The van der Waals surface area contributed by atoms with Gasteiger partial charge in [-0.25, -0.2) is 5.01 Å². The van der Waals surface area contributed by atoms with Crippen LogP contribution in [0.3, 0.4) is 0 Å². The topological polar surface area (TPSA) is 58.4 Å². The van der Waals surface area contributed by atoms with Crippen LogP contribution in [0.2, 0.25) is 0 Å². The van der Waals surface area contributed by atoms with Crippen LogP contribution in [0.1, 0.15) is 21.5 Å². The maximum absolute atomic E-state index is 11.8. The van der Waals surface area contributed by atoms with Crippen LogP contribution in [0.5, 0.6) is 0 Å². The third kappa shape index (κ3) is 3.91. The van der Waals surface area contributed by atoms with E-state index in [-0.39, 0.29) is 5.91 Å². The first kappa shape index (κ1) is 13.2. The van der Waals surface area contributed by atoms with Crippen LogP contribution in [0.25, 0.3) is 0 Å². The maximum atomic E-state index is 11.8. The Balaban J connectivity index is 2.99. The van der Waals surface area contributed by atoms with Crippen LogP contribution in [-0.2, 0) is 0 Å². The van der Waals surface area contributed by atoms with Gasteiger partial charge in [0, 0.05) is 25.2 Å². The number of carbonyl (C=O) groups excluding carboxylic acids is 1. The molecule has 1 aromatic rings. The molecule has 0 aliphatic rings. The molecule has 0 aliphatic heterocycles. The molecule has 3 N–H and O–H groups in total. The molecule has 0 unspecified atom stereocenters. The lowest BCUT2D eigenvalue weighted by molar-refractivity contribution is 0.0857. The fraction of sp³-hybridized carbons (Fsp3) is 0.308. The second-order valence-electron chi connectivity index (χ2n) is 3.87. The first-order chi connectivity index (χ1) is 8.04. The summed E-state index contributed by atoms with van der Waals surface area (Å²) in [6.45, 7) is 2.27. The van der Waals surface area contributed by atoms with Crippen LogP contribution in [0, 0.1) is 18.8 Å². The van der Waals surface area contributed by atoms with E-state index in [2.05, 4.69) is 17.3 Å². The van der Waals surface area contributed by atoms with E-state index in [1.54, 1.807) is 31.2 Å². The summed E-state index contributed by atoms with van der Waals surface area (Å²) >= 11 is 0. The molecule has 1 aromatic carbocycles. The van der Waals surface area contributed by atoms with E-state index in [9.17, 15) is 4.79 Å². The van der Waals surface area contributed by atoms with Gasteiger partial charge in [0.2, 0.25) is 0 Å². The van der Waals surface area contributed by atoms with Gasteiger partial charge in [-0.1, -0.05) is 17.9 Å². The molecule has 0 atom stereocenters. The van der Waals surface area contributed by atoms with Crippen molar-refractivity contribution in [3.05, 3.63) is 34.9 Å². The number of hydrogen-bond acceptors (Lipinski definition) is 3. The van der Waals surface area contributed by atoms with E-state index in [0.717, 1.165) is 11.1 Å². The minimum Gasteiger partial charge on any atom is -0.320 e. The highest BCUT2D eigenvalue weighted by Crippen LogP contribution is 2.10. The van der Waals surface area contributed by atoms with E-state index in [1.807, 2.05) is 13.0 Å². The third-order valence-electron chi connectivity index (χ3n) is 2.15. The van der Waals surface area contributed by atoms with Crippen LogP contribution in [0.15, 0.2) is 18.2 Å². The van der Waals surface area contributed by atoms with Crippen molar-refractivity contribution in [2.45, 2.75) is 6.92 Å². The minimum absolute atomic E-state index is 0.147. The van der Waals surface area contributed by atoms with Gasteiger partial charge in [-0.05, 0) is 24.6 Å². The number of amides is 1. The minimum atomic E-state index is -0.147. The molecule has 0 saturated heterocycles. The molecule has 0 aromatic heterocycles. The fourth-order valence-corrected chi connectivity index (χ4v) is 1.31. The van der Waals surface area contributed by atoms with Crippen molar-refractivity contribution in [1.29, 1.82) is 0 Å². The Hall–Kier alpha value is -1.83. The number of hydrazine groups is 1. The van der Waals surface area contributed by atoms with Crippen LogP contribution < -0.4 is 11.2 Å². The molecule has 1 rings (SSSR count). The zero-order valence-corrected chi connectivity index (χ0v) is 10.4. The number of nitrogens with one attached hydrogen (secondary N) is 1. The maximum Gasteiger partial charge on any atom is 0.265 e. The standard InChI is InChI=1S/C13H17N3O/c1-10-6-7-12(13(17)15-16(2)3)9-11(10)5-4-8-14/h6-7,9H,8,14H2,1-3H3,(H,15,17). The lowest BCUT2D eigenvalue weighted by Gasteiger charge is -2.12. The van der Waals surface area contributed by atoms with Crippen molar-refractivity contribution in [3.8, 4) is 11.8 Å². The average molecular weight is 231 g/mol. The Morgan fingerprint density at radius 3 is 2.76 bits per heavy atom. The van der Waals surface area contributed by atoms with Crippen molar-refractivity contribution >= 4 is 5.91 Å². The molecule has 0 radical (unpaired) electrons. The van der Waals surface area contributed by atoms with E-state index in [0.29, 0.717) is 12.1 Å². The lowest BCUT2D eigenvalue weighted by Crippen LogP contribution is -2.36. The Labute approximate surface area is 102 Å². The molecule has 17 heavy (non-hydrogen) atoms. The molecular weight excluding hydrogens is 214 g/mol. The normalized spacial score (nSPS) is 9.71. The molecule has 0 bridgehead atoms. The Morgan fingerprint density at radius 1 is 1.47 bits per heavy atom. The second-order valence-corrected chi connectivity index (χ2v) is 3.87. The quantitative estimate of drug-likeness (QED) is 0.576. The summed E-state index contributed by atoms with van der Waals surface area (Å²) in [5, 5.41) is 1.60. The SMILES string of the molecule is Cc1ccc(C(=O)NN(C)C)cc1C#CCN. The smallest absolute Gasteiger partial charge is 0.265 e. The first-order valence-corrected chi connectivity index (χ1v) is 5.32. The average Bonchev–Trinajstić information content (AvgIpc) is 2.27. The largest absolute Gasteiger partial charge is 0.320 e. The van der Waals surface area contributed by atoms with Gasteiger partial charge in [-0.15, -0.1) is 0 Å². The number of carbonyl (C=O) groups is 1. The van der Waals surface area contributed by atoms with Gasteiger partial charge in [-0.2, -0.15) is 0 Å². The van der Waals surface area contributed by atoms with Gasteiger partial charge < -0.3 is 5.73 Å². The molecule has 4 heteroatoms. The summed E-state index contributed by atoms with van der Waals surface area (Å²) in [5.74, 6) is 5.59. The van der Waals surface area contributed by atoms with Crippen molar-refractivity contribution in [3.63, 3.8) is 0 Å². The predicted octanol–water partition coefficient (Wildman–Crippen LogP) is 0.512. The number of nitrogens with zero attached hydrogens (tertiary/aromatic N) is 1. The van der Waals surface area contributed by atoms with Gasteiger partial charge in [0.1, 0.15) is 0 Å². The van der Waals surface area contributed by atoms with Gasteiger partial charge in [-0.3, -0.25) is 10.2 Å². The van der Waals surface area contributed by atoms with Crippen molar-refractivity contribution in [1.82, 2.24) is 10.4 Å². The summed E-state index contributed by atoms with van der Waals surface area (Å²) in [6.07, 6.45) is 0. The molecule has 0 heterocycles.